The summed E-state index contributed by atoms with van der Waals surface area (Å²) < 4.78 is 0. The molecule has 0 spiro atoms. The van der Waals surface area contributed by atoms with Gasteiger partial charge in [-0.2, -0.15) is 0 Å². The molecule has 150 valence electrons. The number of carbonyl (C=O) groups is 2. The van der Waals surface area contributed by atoms with Crippen LogP contribution in [0.2, 0.25) is 0 Å². The summed E-state index contributed by atoms with van der Waals surface area (Å²) in [4.78, 5) is 34.8. The number of amides is 2. The number of pyridine rings is 1. The molecule has 5 fully saturated rings. The highest BCUT2D eigenvalue weighted by Gasteiger charge is 2.56. The van der Waals surface area contributed by atoms with Gasteiger partial charge in [-0.25, -0.2) is 0 Å². The van der Waals surface area contributed by atoms with Crippen LogP contribution in [0.4, 0.5) is 0 Å². The molecule has 2 heterocycles. The zero-order chi connectivity index (χ0) is 19.3. The van der Waals surface area contributed by atoms with Crippen LogP contribution in [0.25, 0.3) is 0 Å². The maximum atomic E-state index is 13.7. The fraction of sp³-hybridized carbons (Fsp3) is 0.696. The molecule has 28 heavy (non-hydrogen) atoms. The monoisotopic (exact) mass is 381 g/mol. The van der Waals surface area contributed by atoms with Gasteiger partial charge in [0.25, 0.3) is 0 Å². The van der Waals surface area contributed by atoms with E-state index in [1.54, 1.807) is 17.3 Å². The van der Waals surface area contributed by atoms with Gasteiger partial charge in [0.05, 0.1) is 5.41 Å². The first-order valence-corrected chi connectivity index (χ1v) is 11.0. The van der Waals surface area contributed by atoms with Gasteiger partial charge in [-0.05, 0) is 80.8 Å². The second-order valence-corrected chi connectivity index (χ2v) is 9.91. The van der Waals surface area contributed by atoms with Crippen molar-refractivity contribution in [3.05, 3.63) is 30.1 Å². The van der Waals surface area contributed by atoms with E-state index in [-0.39, 0.29) is 17.4 Å². The number of hydrogen-bond donors (Lipinski definition) is 0. The molecule has 1 aromatic heterocycles. The van der Waals surface area contributed by atoms with Crippen LogP contribution < -0.4 is 0 Å². The van der Waals surface area contributed by atoms with Crippen molar-refractivity contribution in [2.75, 3.05) is 13.6 Å². The van der Waals surface area contributed by atoms with Crippen LogP contribution in [0.3, 0.4) is 0 Å². The van der Waals surface area contributed by atoms with Crippen molar-refractivity contribution in [1.29, 1.82) is 0 Å². The minimum absolute atomic E-state index is 0.0828. The van der Waals surface area contributed by atoms with Crippen LogP contribution in [0, 0.1) is 23.2 Å². The Morgan fingerprint density at radius 2 is 1.86 bits per heavy atom. The lowest BCUT2D eigenvalue weighted by Gasteiger charge is -2.56. The largest absolute Gasteiger partial charge is 0.340 e. The zero-order valence-electron chi connectivity index (χ0n) is 16.8. The van der Waals surface area contributed by atoms with E-state index in [4.69, 9.17) is 0 Å². The maximum absolute atomic E-state index is 13.7. The summed E-state index contributed by atoms with van der Waals surface area (Å²) >= 11 is 0. The highest BCUT2D eigenvalue weighted by atomic mass is 16.2. The van der Waals surface area contributed by atoms with Gasteiger partial charge in [0.15, 0.2) is 0 Å². The van der Waals surface area contributed by atoms with Crippen molar-refractivity contribution in [1.82, 2.24) is 14.8 Å². The van der Waals surface area contributed by atoms with Crippen molar-refractivity contribution in [3.63, 3.8) is 0 Å². The van der Waals surface area contributed by atoms with Gasteiger partial charge in [0.1, 0.15) is 6.04 Å². The first-order valence-electron chi connectivity index (χ1n) is 11.0. The molecular formula is C23H31N3O2. The maximum Gasteiger partial charge on any atom is 0.245 e. The fourth-order valence-electron chi connectivity index (χ4n) is 7.04. The molecule has 4 bridgehead atoms. The summed E-state index contributed by atoms with van der Waals surface area (Å²) in [6.07, 6.45) is 12.5. The van der Waals surface area contributed by atoms with Gasteiger partial charge in [0.2, 0.25) is 11.8 Å². The Bertz CT molecular complexity index is 727. The molecule has 0 radical (unpaired) electrons. The van der Waals surface area contributed by atoms with Gasteiger partial charge in [0, 0.05) is 32.5 Å². The van der Waals surface area contributed by atoms with E-state index in [0.29, 0.717) is 12.5 Å². The number of nitrogens with zero attached hydrogens (tertiary/aromatic N) is 3. The van der Waals surface area contributed by atoms with Crippen LogP contribution >= 0.6 is 0 Å². The molecule has 6 rings (SSSR count). The zero-order valence-corrected chi connectivity index (χ0v) is 16.8. The molecule has 0 N–H and O–H groups in total. The van der Waals surface area contributed by atoms with E-state index in [0.717, 1.165) is 62.0 Å². The molecule has 1 unspecified atom stereocenters. The quantitative estimate of drug-likeness (QED) is 0.804. The third-order valence-electron chi connectivity index (χ3n) is 7.81. The second-order valence-electron chi connectivity index (χ2n) is 9.91. The normalized spacial score (nSPS) is 36.0. The lowest BCUT2D eigenvalue weighted by molar-refractivity contribution is -0.161. The number of carbonyl (C=O) groups excluding carboxylic acids is 2. The topological polar surface area (TPSA) is 53.5 Å². The Labute approximate surface area is 167 Å². The lowest BCUT2D eigenvalue weighted by atomic mass is 9.49. The van der Waals surface area contributed by atoms with Crippen LogP contribution in [-0.4, -0.2) is 46.2 Å². The van der Waals surface area contributed by atoms with E-state index >= 15 is 0 Å². The van der Waals surface area contributed by atoms with Crippen LogP contribution in [0.5, 0.6) is 0 Å². The Morgan fingerprint density at radius 1 is 1.18 bits per heavy atom. The summed E-state index contributed by atoms with van der Waals surface area (Å²) in [5.74, 6) is 2.64. The minimum atomic E-state index is -0.276. The average Bonchev–Trinajstić information content (AvgIpc) is 3.16. The Balaban J connectivity index is 1.31. The van der Waals surface area contributed by atoms with Crippen LogP contribution in [-0.2, 0) is 16.1 Å². The van der Waals surface area contributed by atoms with Gasteiger partial charge in [-0.1, -0.05) is 6.07 Å². The first kappa shape index (κ1) is 18.1. The minimum Gasteiger partial charge on any atom is -0.340 e. The van der Waals surface area contributed by atoms with Gasteiger partial charge in [-0.15, -0.1) is 0 Å². The summed E-state index contributed by atoms with van der Waals surface area (Å²) in [6, 6.07) is 3.61. The van der Waals surface area contributed by atoms with Gasteiger partial charge >= 0.3 is 0 Å². The SMILES string of the molecule is CN(Cc1cccnc1)C(=O)C1CCCN1C(=O)C12CC3CC(CC(C3)C1)C2. The summed E-state index contributed by atoms with van der Waals surface area (Å²) in [5, 5.41) is 0. The second kappa shape index (κ2) is 6.85. The van der Waals surface area contributed by atoms with E-state index in [1.807, 2.05) is 24.1 Å². The third-order valence-corrected chi connectivity index (χ3v) is 7.81. The van der Waals surface area contributed by atoms with Crippen LogP contribution in [0.15, 0.2) is 24.5 Å². The molecule has 4 aliphatic carbocycles. The lowest BCUT2D eigenvalue weighted by Crippen LogP contribution is -2.57. The predicted molar refractivity (Wildman–Crippen MR) is 106 cm³/mol. The number of likely N-dealkylation sites (N-methyl/N-ethyl adjacent to an activating group) is 1. The van der Waals surface area contributed by atoms with Crippen molar-refractivity contribution in [2.45, 2.75) is 64.0 Å². The molecule has 0 aromatic carbocycles. The van der Waals surface area contributed by atoms with Crippen molar-refractivity contribution < 1.29 is 9.59 Å². The molecule has 1 atom stereocenters. The molecule has 2 amide bonds. The van der Waals surface area contributed by atoms with E-state index < -0.39 is 0 Å². The Hall–Kier alpha value is -1.91. The molecule has 5 nitrogen and oxygen atoms in total. The molecular weight excluding hydrogens is 350 g/mol. The highest BCUT2D eigenvalue weighted by Crippen LogP contribution is 2.60. The molecule has 1 saturated heterocycles. The van der Waals surface area contributed by atoms with Crippen molar-refractivity contribution in [2.24, 2.45) is 23.2 Å². The smallest absolute Gasteiger partial charge is 0.245 e. The Kier molecular flexibility index (Phi) is 4.44. The summed E-state index contributed by atoms with van der Waals surface area (Å²) in [6.45, 7) is 1.29. The van der Waals surface area contributed by atoms with E-state index in [1.165, 1.54) is 19.3 Å². The molecule has 5 heteroatoms. The number of aromatic nitrogens is 1. The fourth-order valence-corrected chi connectivity index (χ4v) is 7.04. The molecule has 4 saturated carbocycles. The van der Waals surface area contributed by atoms with Crippen LogP contribution in [0.1, 0.15) is 56.9 Å². The summed E-state index contributed by atoms with van der Waals surface area (Å²) in [7, 11) is 1.85. The van der Waals surface area contributed by atoms with Gasteiger partial charge < -0.3 is 9.80 Å². The Morgan fingerprint density at radius 3 is 2.46 bits per heavy atom. The molecule has 5 aliphatic rings. The standard InChI is InChI=1S/C23H31N3O2/c1-25(15-16-4-2-6-24-14-16)21(27)20-5-3-7-26(20)22(28)23-11-17-8-18(12-23)10-19(9-17)13-23/h2,4,6,14,17-20H,3,5,7-13,15H2,1H3. The third kappa shape index (κ3) is 3.03. The van der Waals surface area contributed by atoms with Crippen molar-refractivity contribution in [3.8, 4) is 0 Å². The van der Waals surface area contributed by atoms with Crippen molar-refractivity contribution >= 4 is 11.8 Å². The van der Waals surface area contributed by atoms with Gasteiger partial charge in [-0.3, -0.25) is 14.6 Å². The highest BCUT2D eigenvalue weighted by molar-refractivity contribution is 5.91. The van der Waals surface area contributed by atoms with E-state index in [9.17, 15) is 9.59 Å². The number of likely N-dealkylation sites (tertiary alicyclic amines) is 1. The number of rotatable bonds is 4. The summed E-state index contributed by atoms with van der Waals surface area (Å²) in [5.41, 5.74) is 0.870. The molecule has 1 aliphatic heterocycles. The van der Waals surface area contributed by atoms with E-state index in [2.05, 4.69) is 4.98 Å². The first-order chi connectivity index (χ1) is 13.5. The number of hydrogen-bond acceptors (Lipinski definition) is 3. The molecule has 1 aromatic rings. The predicted octanol–water partition coefficient (Wildman–Crippen LogP) is 3.25. The average molecular weight is 382 g/mol.